The number of alkyl halides is 1. The second-order valence-corrected chi connectivity index (χ2v) is 2.15. The van der Waals surface area contributed by atoms with Gasteiger partial charge in [-0.15, -0.1) is 0 Å². The first-order valence-corrected chi connectivity index (χ1v) is 3.59. The number of halogens is 1. The van der Waals surface area contributed by atoms with E-state index in [1.807, 2.05) is 0 Å². The van der Waals surface area contributed by atoms with Crippen molar-refractivity contribution in [2.24, 2.45) is 10.7 Å². The van der Waals surface area contributed by atoms with Crippen LogP contribution in [0.4, 0.5) is 0 Å². The number of rotatable bonds is 2. The molecule has 0 rings (SSSR count). The third kappa shape index (κ3) is 4.13. The highest BCUT2D eigenvalue weighted by atomic mass is 127. The molecule has 0 aromatic carbocycles. The Morgan fingerprint density at radius 3 is 2.88 bits per heavy atom. The number of hydrogen-bond donors (Lipinski definition) is 3. The van der Waals surface area contributed by atoms with Gasteiger partial charge in [-0.05, 0) is 0 Å². The molecule has 0 bridgehead atoms. The van der Waals surface area contributed by atoms with Crippen LogP contribution < -0.4 is 11.2 Å². The third-order valence-corrected chi connectivity index (χ3v) is 0.964. The van der Waals surface area contributed by atoms with Gasteiger partial charge >= 0.3 is 0 Å². The number of nitrogens with two attached hydrogens (primary N) is 1. The largest absolute Gasteiger partial charge is 0.368 e. The van der Waals surface area contributed by atoms with E-state index in [4.69, 9.17) is 10.9 Å². The summed E-state index contributed by atoms with van der Waals surface area (Å²) in [5, 5.41) is 8.05. The van der Waals surface area contributed by atoms with Crippen molar-refractivity contribution in [2.45, 2.75) is 0 Å². The van der Waals surface area contributed by atoms with Crippen LogP contribution in [0.15, 0.2) is 4.99 Å². The van der Waals surface area contributed by atoms with Gasteiger partial charge < -0.3 is 5.73 Å². The molecule has 0 radical (unpaired) electrons. The van der Waals surface area contributed by atoms with E-state index < -0.39 is 0 Å². The summed E-state index contributed by atoms with van der Waals surface area (Å²) in [4.78, 5) is 3.69. The van der Waals surface area contributed by atoms with Crippen LogP contribution in [0.2, 0.25) is 0 Å². The van der Waals surface area contributed by atoms with Crippen LogP contribution in [-0.4, -0.2) is 22.1 Å². The highest BCUT2D eigenvalue weighted by Crippen LogP contribution is 1.79. The van der Waals surface area contributed by atoms with Gasteiger partial charge in [0.05, 0.1) is 6.54 Å². The minimum absolute atomic E-state index is 0.0710. The Morgan fingerprint density at radius 1 is 1.88 bits per heavy atom. The van der Waals surface area contributed by atoms with Crippen LogP contribution in [0, 0.1) is 0 Å². The molecule has 0 aliphatic heterocycles. The maximum Gasteiger partial charge on any atom is 0.212 e. The molecule has 4 nitrogen and oxygen atoms in total. The normalized spacial score (nSPS) is 11.5. The quantitative estimate of drug-likeness (QED) is 0.200. The van der Waals surface area contributed by atoms with E-state index >= 15 is 0 Å². The van der Waals surface area contributed by atoms with Crippen molar-refractivity contribution >= 4 is 28.6 Å². The van der Waals surface area contributed by atoms with E-state index in [2.05, 4.69) is 27.6 Å². The van der Waals surface area contributed by atoms with Gasteiger partial charge in [0.2, 0.25) is 5.96 Å². The van der Waals surface area contributed by atoms with Gasteiger partial charge in [-0.2, -0.15) is 0 Å². The third-order valence-electron chi connectivity index (χ3n) is 0.481. The van der Waals surface area contributed by atoms with Gasteiger partial charge in [-0.25, -0.2) is 5.48 Å². The van der Waals surface area contributed by atoms with Crippen LogP contribution in [0.1, 0.15) is 0 Å². The molecule has 0 heterocycles. The molecular weight excluding hydrogens is 221 g/mol. The lowest BCUT2D eigenvalue weighted by Crippen LogP contribution is -2.28. The second-order valence-electron chi connectivity index (χ2n) is 1.07. The molecule has 0 aliphatic rings. The minimum Gasteiger partial charge on any atom is -0.368 e. The van der Waals surface area contributed by atoms with Crippen molar-refractivity contribution in [3.05, 3.63) is 0 Å². The highest BCUT2D eigenvalue weighted by Gasteiger charge is 1.81. The average molecular weight is 229 g/mol. The molecule has 0 amide bonds. The number of aliphatic imine (C=N–C) groups is 1. The number of hydroxylamine groups is 1. The molecule has 48 valence electrons. The summed E-state index contributed by atoms with van der Waals surface area (Å²) in [5.74, 6) is 0.0710. The van der Waals surface area contributed by atoms with Gasteiger partial charge in [-0.3, -0.25) is 10.2 Å². The van der Waals surface area contributed by atoms with Crippen molar-refractivity contribution in [3.8, 4) is 0 Å². The first-order chi connectivity index (χ1) is 3.81. The number of nitrogens with zero attached hydrogens (tertiary/aromatic N) is 1. The Kier molecular flexibility index (Phi) is 5.08. The van der Waals surface area contributed by atoms with E-state index in [-0.39, 0.29) is 5.96 Å². The Morgan fingerprint density at radius 2 is 2.50 bits per heavy atom. The minimum atomic E-state index is 0.0710. The smallest absolute Gasteiger partial charge is 0.212 e. The van der Waals surface area contributed by atoms with Gasteiger partial charge in [0, 0.05) is 4.43 Å². The van der Waals surface area contributed by atoms with E-state index in [0.717, 1.165) is 4.43 Å². The summed E-state index contributed by atoms with van der Waals surface area (Å²) in [6.07, 6.45) is 0. The predicted molar refractivity (Wildman–Crippen MR) is 40.3 cm³/mol. The van der Waals surface area contributed by atoms with E-state index in [9.17, 15) is 0 Å². The van der Waals surface area contributed by atoms with Crippen LogP contribution in [0.5, 0.6) is 0 Å². The van der Waals surface area contributed by atoms with Crippen LogP contribution in [0.25, 0.3) is 0 Å². The molecule has 0 atom stereocenters. The lowest BCUT2D eigenvalue weighted by molar-refractivity contribution is 0.232. The van der Waals surface area contributed by atoms with E-state index in [1.54, 1.807) is 5.48 Å². The molecule has 0 saturated carbocycles. The fourth-order valence-corrected chi connectivity index (χ4v) is 0.439. The fourth-order valence-electron chi connectivity index (χ4n) is 0.198. The molecule has 4 N–H and O–H groups in total. The van der Waals surface area contributed by atoms with Crippen LogP contribution >= 0.6 is 22.6 Å². The zero-order valence-corrected chi connectivity index (χ0v) is 6.42. The first kappa shape index (κ1) is 7.96. The SMILES string of the molecule is NC(=NCCI)NO. The number of hydrogen-bond acceptors (Lipinski definition) is 2. The molecule has 8 heavy (non-hydrogen) atoms. The predicted octanol–water partition coefficient (Wildman–Crippen LogP) is -0.285. The van der Waals surface area contributed by atoms with Crippen molar-refractivity contribution in [3.63, 3.8) is 0 Å². The molecule has 5 heteroatoms. The highest BCUT2D eigenvalue weighted by molar-refractivity contribution is 14.1. The number of nitrogens with one attached hydrogen (secondary N) is 1. The summed E-state index contributed by atoms with van der Waals surface area (Å²) in [6, 6.07) is 0. The molecule has 0 saturated heterocycles. The van der Waals surface area contributed by atoms with Gasteiger partial charge in [0.25, 0.3) is 0 Å². The maximum absolute atomic E-state index is 8.05. The summed E-state index contributed by atoms with van der Waals surface area (Å²) in [5.41, 5.74) is 6.77. The maximum atomic E-state index is 8.05. The number of guanidine groups is 1. The fraction of sp³-hybridized carbons (Fsp3) is 0.667. The lowest BCUT2D eigenvalue weighted by Gasteiger charge is -1.92. The molecule has 0 unspecified atom stereocenters. The molecule has 0 aliphatic carbocycles. The summed E-state index contributed by atoms with van der Waals surface area (Å²) in [7, 11) is 0. The second kappa shape index (κ2) is 5.10. The topological polar surface area (TPSA) is 70.6 Å². The summed E-state index contributed by atoms with van der Waals surface area (Å²) >= 11 is 2.17. The molecule has 0 fully saturated rings. The van der Waals surface area contributed by atoms with Gasteiger partial charge in [0.15, 0.2) is 0 Å². The summed E-state index contributed by atoms with van der Waals surface area (Å²) in [6.45, 7) is 0.639. The zero-order valence-electron chi connectivity index (χ0n) is 4.26. The summed E-state index contributed by atoms with van der Waals surface area (Å²) < 4.78 is 0.903. The standard InChI is InChI=1S/C3H8IN3O/c4-1-2-6-3(5)7-8/h8H,1-2H2,(H3,5,6,7). The Balaban J connectivity index is 3.26. The van der Waals surface area contributed by atoms with Crippen molar-refractivity contribution in [1.82, 2.24) is 5.48 Å². The van der Waals surface area contributed by atoms with E-state index in [1.165, 1.54) is 0 Å². The van der Waals surface area contributed by atoms with E-state index in [0.29, 0.717) is 6.54 Å². The van der Waals surface area contributed by atoms with Gasteiger partial charge in [0.1, 0.15) is 0 Å². The monoisotopic (exact) mass is 229 g/mol. The first-order valence-electron chi connectivity index (χ1n) is 2.07. The molecule has 0 aromatic heterocycles. The lowest BCUT2D eigenvalue weighted by atomic mass is 10.8. The van der Waals surface area contributed by atoms with Crippen LogP contribution in [0.3, 0.4) is 0 Å². The molecule has 0 aromatic rings. The van der Waals surface area contributed by atoms with Crippen molar-refractivity contribution < 1.29 is 5.21 Å². The Bertz CT molecular complexity index is 84.6. The molecular formula is C3H8IN3O. The van der Waals surface area contributed by atoms with Crippen molar-refractivity contribution in [2.75, 3.05) is 11.0 Å². The average Bonchev–Trinajstić information content (AvgIpc) is 1.83. The van der Waals surface area contributed by atoms with Gasteiger partial charge in [-0.1, -0.05) is 22.6 Å². The van der Waals surface area contributed by atoms with Crippen molar-refractivity contribution in [1.29, 1.82) is 0 Å². The van der Waals surface area contributed by atoms with Crippen LogP contribution in [-0.2, 0) is 0 Å². The Labute approximate surface area is 61.3 Å². The Hall–Kier alpha value is -0.0400. The molecule has 0 spiro atoms. The zero-order chi connectivity index (χ0) is 6.41.